The molecule has 0 radical (unpaired) electrons. The lowest BCUT2D eigenvalue weighted by molar-refractivity contribution is 0.0827. The Morgan fingerprint density at radius 3 is 2.76 bits per heavy atom. The maximum atomic E-state index is 12.8. The number of ether oxygens (including phenoxy) is 1. The number of aromatic nitrogens is 3. The van der Waals surface area contributed by atoms with E-state index in [1.807, 2.05) is 41.1 Å². The SMILES string of the molecule is COc1cc2c(cc1Nc1ncc3ccn(-c4ccccc4C(=O)N(C)C)c3n1)CN(C)CC2. The van der Waals surface area contributed by atoms with Crippen LogP contribution in [-0.4, -0.2) is 65.0 Å². The number of rotatable bonds is 5. The van der Waals surface area contributed by atoms with E-state index in [0.29, 0.717) is 17.2 Å². The Kier molecular flexibility index (Phi) is 5.67. The van der Waals surface area contributed by atoms with Crippen molar-refractivity contribution in [3.05, 3.63) is 71.5 Å². The number of carbonyl (C=O) groups excluding carboxylic acids is 1. The molecule has 0 bridgehead atoms. The second-order valence-electron chi connectivity index (χ2n) is 8.81. The lowest BCUT2D eigenvalue weighted by Crippen LogP contribution is -2.26. The molecule has 8 nitrogen and oxygen atoms in total. The molecule has 8 heteroatoms. The van der Waals surface area contributed by atoms with Gasteiger partial charge in [-0.2, -0.15) is 4.98 Å². The van der Waals surface area contributed by atoms with Crippen LogP contribution < -0.4 is 10.1 Å². The summed E-state index contributed by atoms with van der Waals surface area (Å²) in [4.78, 5) is 26.0. The average Bonchev–Trinajstić information content (AvgIpc) is 3.26. The molecule has 34 heavy (non-hydrogen) atoms. The molecule has 174 valence electrons. The number of amides is 1. The highest BCUT2D eigenvalue weighted by Gasteiger charge is 2.19. The van der Waals surface area contributed by atoms with Gasteiger partial charge in [-0.3, -0.25) is 4.79 Å². The molecule has 0 aliphatic carbocycles. The highest BCUT2D eigenvalue weighted by atomic mass is 16.5. The summed E-state index contributed by atoms with van der Waals surface area (Å²) in [5.74, 6) is 1.17. The number of nitrogens with one attached hydrogen (secondary N) is 1. The number of hydrogen-bond donors (Lipinski definition) is 1. The van der Waals surface area contributed by atoms with Crippen molar-refractivity contribution in [1.29, 1.82) is 0 Å². The third-order valence-corrected chi connectivity index (χ3v) is 6.20. The molecule has 0 fully saturated rings. The van der Waals surface area contributed by atoms with E-state index in [-0.39, 0.29) is 5.91 Å². The standard InChI is InChI=1S/C26H28N6O2/c1-30(2)25(33)20-7-5-6-8-22(20)32-12-10-18-15-27-26(29-24(18)32)28-21-13-19-16-31(3)11-9-17(19)14-23(21)34-4/h5-8,10,12-15H,9,11,16H2,1-4H3,(H,27,28,29). The van der Waals surface area contributed by atoms with E-state index in [1.165, 1.54) is 11.1 Å². The Morgan fingerprint density at radius 1 is 1.15 bits per heavy atom. The van der Waals surface area contributed by atoms with E-state index in [9.17, 15) is 4.79 Å². The molecule has 0 spiro atoms. The van der Waals surface area contributed by atoms with Gasteiger partial charge in [-0.05, 0) is 54.9 Å². The average molecular weight is 457 g/mol. The fraction of sp³-hybridized carbons (Fsp3) is 0.269. The first-order chi connectivity index (χ1) is 16.4. The third kappa shape index (κ3) is 3.97. The zero-order valence-electron chi connectivity index (χ0n) is 19.9. The van der Waals surface area contributed by atoms with Gasteiger partial charge in [-0.1, -0.05) is 12.1 Å². The normalized spacial score (nSPS) is 13.5. The van der Waals surface area contributed by atoms with Gasteiger partial charge in [0.05, 0.1) is 24.0 Å². The lowest BCUT2D eigenvalue weighted by Gasteiger charge is -2.26. The van der Waals surface area contributed by atoms with Gasteiger partial charge in [0, 0.05) is 45.0 Å². The Bertz CT molecular complexity index is 1380. The molecule has 0 atom stereocenters. The number of hydrogen-bond acceptors (Lipinski definition) is 6. The lowest BCUT2D eigenvalue weighted by atomic mass is 9.99. The molecule has 1 aliphatic heterocycles. The Labute approximate surface area is 198 Å². The van der Waals surface area contributed by atoms with Crippen molar-refractivity contribution in [1.82, 2.24) is 24.3 Å². The van der Waals surface area contributed by atoms with E-state index >= 15 is 0 Å². The van der Waals surface area contributed by atoms with Crippen LogP contribution in [0.15, 0.2) is 54.9 Å². The van der Waals surface area contributed by atoms with Crippen molar-refractivity contribution in [2.24, 2.45) is 0 Å². The zero-order chi connectivity index (χ0) is 23.8. The minimum absolute atomic E-state index is 0.0615. The fourth-order valence-corrected chi connectivity index (χ4v) is 4.39. The first kappa shape index (κ1) is 21.9. The molecular weight excluding hydrogens is 428 g/mol. The molecule has 2 aromatic carbocycles. The summed E-state index contributed by atoms with van der Waals surface area (Å²) >= 11 is 0. The van der Waals surface area contributed by atoms with Crippen molar-refractivity contribution >= 4 is 28.6 Å². The molecule has 2 aromatic heterocycles. The van der Waals surface area contributed by atoms with Crippen molar-refractivity contribution in [3.63, 3.8) is 0 Å². The van der Waals surface area contributed by atoms with Gasteiger partial charge in [0.1, 0.15) is 11.4 Å². The number of likely N-dealkylation sites (N-methyl/N-ethyl adjacent to an activating group) is 1. The molecule has 1 amide bonds. The first-order valence-corrected chi connectivity index (χ1v) is 11.2. The van der Waals surface area contributed by atoms with Crippen molar-refractivity contribution < 1.29 is 9.53 Å². The van der Waals surface area contributed by atoms with Crippen LogP contribution in [0.1, 0.15) is 21.5 Å². The van der Waals surface area contributed by atoms with E-state index < -0.39 is 0 Å². The number of fused-ring (bicyclic) bond motifs is 2. The van der Waals surface area contributed by atoms with Crippen LogP contribution in [0.5, 0.6) is 5.75 Å². The van der Waals surface area contributed by atoms with Gasteiger partial charge in [0.2, 0.25) is 5.95 Å². The summed E-state index contributed by atoms with van der Waals surface area (Å²) in [5, 5.41) is 4.24. The number of carbonyl (C=O) groups is 1. The summed E-state index contributed by atoms with van der Waals surface area (Å²) in [5.41, 5.74) is 5.52. The minimum atomic E-state index is -0.0615. The van der Waals surface area contributed by atoms with E-state index in [1.54, 1.807) is 32.3 Å². The first-order valence-electron chi connectivity index (χ1n) is 11.2. The van der Waals surface area contributed by atoms with Crippen LogP contribution >= 0.6 is 0 Å². The van der Waals surface area contributed by atoms with Crippen LogP contribution in [0.2, 0.25) is 0 Å². The van der Waals surface area contributed by atoms with Crippen molar-refractivity contribution in [2.75, 3.05) is 40.1 Å². The number of benzene rings is 2. The van der Waals surface area contributed by atoms with Crippen LogP contribution in [-0.2, 0) is 13.0 Å². The van der Waals surface area contributed by atoms with E-state index in [2.05, 4.69) is 34.4 Å². The summed E-state index contributed by atoms with van der Waals surface area (Å²) in [6, 6.07) is 13.7. The second kappa shape index (κ2) is 8.79. The molecule has 0 saturated heterocycles. The molecule has 0 unspecified atom stereocenters. The van der Waals surface area contributed by atoms with Crippen molar-refractivity contribution in [2.45, 2.75) is 13.0 Å². The summed E-state index contributed by atoms with van der Waals surface area (Å²) < 4.78 is 7.59. The zero-order valence-corrected chi connectivity index (χ0v) is 19.9. The Balaban J connectivity index is 1.55. The van der Waals surface area contributed by atoms with Crippen molar-refractivity contribution in [3.8, 4) is 11.4 Å². The number of para-hydroxylation sites is 1. The predicted molar refractivity (Wildman–Crippen MR) is 133 cm³/mol. The molecule has 3 heterocycles. The van der Waals surface area contributed by atoms with E-state index in [0.717, 1.165) is 42.0 Å². The molecule has 1 N–H and O–H groups in total. The number of anilines is 2. The Hall–Kier alpha value is -3.91. The maximum absolute atomic E-state index is 12.8. The van der Waals surface area contributed by atoms with Gasteiger partial charge < -0.3 is 24.4 Å². The summed E-state index contributed by atoms with van der Waals surface area (Å²) in [7, 11) is 7.31. The largest absolute Gasteiger partial charge is 0.495 e. The maximum Gasteiger partial charge on any atom is 0.255 e. The Morgan fingerprint density at radius 2 is 1.97 bits per heavy atom. The predicted octanol–water partition coefficient (Wildman–Crippen LogP) is 3.86. The van der Waals surface area contributed by atoms with Crippen LogP contribution in [0.3, 0.4) is 0 Å². The second-order valence-corrected chi connectivity index (χ2v) is 8.81. The fourth-order valence-electron chi connectivity index (χ4n) is 4.39. The molecule has 4 aromatic rings. The van der Waals surface area contributed by atoms with Gasteiger partial charge in [-0.25, -0.2) is 4.98 Å². The minimum Gasteiger partial charge on any atom is -0.495 e. The topological polar surface area (TPSA) is 75.5 Å². The number of methoxy groups -OCH3 is 1. The summed E-state index contributed by atoms with van der Waals surface area (Å²) in [6.07, 6.45) is 4.71. The quantitative estimate of drug-likeness (QED) is 0.492. The molecule has 1 aliphatic rings. The van der Waals surface area contributed by atoms with Crippen LogP contribution in [0.4, 0.5) is 11.6 Å². The number of nitrogens with zero attached hydrogens (tertiary/aromatic N) is 5. The smallest absolute Gasteiger partial charge is 0.255 e. The van der Waals surface area contributed by atoms with Gasteiger partial charge in [0.15, 0.2) is 0 Å². The summed E-state index contributed by atoms with van der Waals surface area (Å²) in [6.45, 7) is 1.94. The molecular formula is C26H28N6O2. The van der Waals surface area contributed by atoms with Crippen LogP contribution in [0, 0.1) is 0 Å². The third-order valence-electron chi connectivity index (χ3n) is 6.20. The molecule has 0 saturated carbocycles. The highest BCUT2D eigenvalue weighted by Crippen LogP contribution is 2.33. The van der Waals surface area contributed by atoms with E-state index in [4.69, 9.17) is 9.72 Å². The van der Waals surface area contributed by atoms with Gasteiger partial charge in [-0.15, -0.1) is 0 Å². The van der Waals surface area contributed by atoms with Gasteiger partial charge >= 0.3 is 0 Å². The van der Waals surface area contributed by atoms with Gasteiger partial charge in [0.25, 0.3) is 5.91 Å². The molecule has 5 rings (SSSR count). The monoisotopic (exact) mass is 456 g/mol. The van der Waals surface area contributed by atoms with Crippen LogP contribution in [0.25, 0.3) is 16.7 Å². The highest BCUT2D eigenvalue weighted by molar-refractivity contribution is 5.98.